The molecule has 3 aliphatic carbocycles. The zero-order valence-corrected chi connectivity index (χ0v) is 15.3. The van der Waals surface area contributed by atoms with Crippen LogP contribution in [0.3, 0.4) is 0 Å². The molecule has 0 amide bonds. The predicted molar refractivity (Wildman–Crippen MR) is 96.9 cm³/mol. The number of aliphatic hydroxyl groups excluding tert-OH is 2. The molecule has 3 aliphatic rings. The molecule has 0 aromatic heterocycles. The number of carbonyl (C=O) groups excluding carboxylic acids is 1. The fraction of sp³-hybridized carbons (Fsp3) is 0.667. The molecule has 0 spiro atoms. The third kappa shape index (κ3) is 3.05. The Balaban J connectivity index is 1.92. The molecule has 0 saturated heterocycles. The Labute approximate surface area is 149 Å². The fourth-order valence-corrected chi connectivity index (χ4v) is 5.28. The SMILES string of the molecule is C=C1CC[C@H](O)C/C1=C/C=C1\C[C@H](O)C[C@@]2(C)[C@H]1CC[C@@]2(O)C(C)=O. The number of aliphatic hydroxyl groups is 3. The van der Waals surface area contributed by atoms with Gasteiger partial charge in [0.2, 0.25) is 0 Å². The molecule has 0 aliphatic heterocycles. The van der Waals surface area contributed by atoms with E-state index in [1.165, 1.54) is 6.92 Å². The van der Waals surface area contributed by atoms with Crippen molar-refractivity contribution in [1.29, 1.82) is 0 Å². The predicted octanol–water partition coefficient (Wildman–Crippen LogP) is 2.83. The molecule has 25 heavy (non-hydrogen) atoms. The van der Waals surface area contributed by atoms with Gasteiger partial charge in [0, 0.05) is 5.41 Å². The number of allylic oxidation sites excluding steroid dienone is 3. The first kappa shape index (κ1) is 18.6. The average molecular weight is 346 g/mol. The molecule has 0 aromatic carbocycles. The molecule has 0 heterocycles. The summed E-state index contributed by atoms with van der Waals surface area (Å²) in [6, 6.07) is 0. The molecular formula is C21H30O4. The van der Waals surface area contributed by atoms with Gasteiger partial charge in [-0.2, -0.15) is 0 Å². The second-order valence-corrected chi connectivity index (χ2v) is 8.42. The Hall–Kier alpha value is -1.23. The van der Waals surface area contributed by atoms with Crippen molar-refractivity contribution >= 4 is 5.78 Å². The Bertz CT molecular complexity index is 646. The summed E-state index contributed by atoms with van der Waals surface area (Å²) in [6.45, 7) is 7.49. The minimum absolute atomic E-state index is 0.100. The maximum atomic E-state index is 12.1. The number of hydrogen-bond acceptors (Lipinski definition) is 4. The minimum Gasteiger partial charge on any atom is -0.393 e. The molecule has 3 saturated carbocycles. The zero-order valence-electron chi connectivity index (χ0n) is 15.3. The normalized spacial score (nSPS) is 45.0. The molecule has 138 valence electrons. The van der Waals surface area contributed by atoms with Crippen LogP contribution in [-0.4, -0.2) is 38.9 Å². The lowest BCUT2D eigenvalue weighted by atomic mass is 9.60. The summed E-state index contributed by atoms with van der Waals surface area (Å²) in [4.78, 5) is 12.1. The van der Waals surface area contributed by atoms with Gasteiger partial charge >= 0.3 is 0 Å². The highest BCUT2D eigenvalue weighted by Crippen LogP contribution is 2.59. The summed E-state index contributed by atoms with van der Waals surface area (Å²) in [5.74, 6) is -0.100. The van der Waals surface area contributed by atoms with Crippen LogP contribution in [0.5, 0.6) is 0 Å². The van der Waals surface area contributed by atoms with E-state index in [4.69, 9.17) is 0 Å². The maximum Gasteiger partial charge on any atom is 0.161 e. The van der Waals surface area contributed by atoms with Crippen LogP contribution >= 0.6 is 0 Å². The number of ketones is 1. The van der Waals surface area contributed by atoms with E-state index in [0.29, 0.717) is 25.7 Å². The molecular weight excluding hydrogens is 316 g/mol. The summed E-state index contributed by atoms with van der Waals surface area (Å²) in [5.41, 5.74) is 1.25. The van der Waals surface area contributed by atoms with Crippen LogP contribution in [0.4, 0.5) is 0 Å². The Morgan fingerprint density at radius 2 is 1.92 bits per heavy atom. The summed E-state index contributed by atoms with van der Waals surface area (Å²) < 4.78 is 0. The van der Waals surface area contributed by atoms with Crippen molar-refractivity contribution < 1.29 is 20.1 Å². The highest BCUT2D eigenvalue weighted by molar-refractivity contribution is 5.86. The first-order chi connectivity index (χ1) is 11.7. The van der Waals surface area contributed by atoms with E-state index in [1.54, 1.807) is 0 Å². The standard InChI is InChI=1S/C21H30O4/c1-13-4-7-17(23)10-15(13)5-6-16-11-18(24)12-20(3)19(16)8-9-21(20,25)14(2)22/h5-6,17-19,23-25H,1,4,7-12H2,2-3H3/b15-5-,16-6+/t17-,18-,19-,20-,21+/m0/s1. The smallest absolute Gasteiger partial charge is 0.161 e. The Kier molecular flexibility index (Phi) is 4.82. The van der Waals surface area contributed by atoms with Crippen molar-refractivity contribution in [3.8, 4) is 0 Å². The average Bonchev–Trinajstić information content (AvgIpc) is 2.80. The van der Waals surface area contributed by atoms with E-state index in [-0.39, 0.29) is 17.8 Å². The lowest BCUT2D eigenvalue weighted by Gasteiger charge is -2.47. The van der Waals surface area contributed by atoms with Crippen molar-refractivity contribution in [2.75, 3.05) is 0 Å². The lowest BCUT2D eigenvalue weighted by molar-refractivity contribution is -0.152. The van der Waals surface area contributed by atoms with E-state index in [1.807, 2.05) is 19.1 Å². The van der Waals surface area contributed by atoms with Crippen LogP contribution in [0, 0.1) is 11.3 Å². The monoisotopic (exact) mass is 346 g/mol. The van der Waals surface area contributed by atoms with Crippen LogP contribution in [0.1, 0.15) is 58.8 Å². The summed E-state index contributed by atoms with van der Waals surface area (Å²) in [7, 11) is 0. The van der Waals surface area contributed by atoms with E-state index in [0.717, 1.165) is 36.0 Å². The van der Waals surface area contributed by atoms with Gasteiger partial charge in [-0.3, -0.25) is 4.79 Å². The van der Waals surface area contributed by atoms with Crippen molar-refractivity contribution in [3.63, 3.8) is 0 Å². The topological polar surface area (TPSA) is 77.8 Å². The van der Waals surface area contributed by atoms with Gasteiger partial charge in [-0.05, 0) is 63.4 Å². The second-order valence-electron chi connectivity index (χ2n) is 8.42. The van der Waals surface area contributed by atoms with Crippen molar-refractivity contribution in [2.24, 2.45) is 11.3 Å². The summed E-state index contributed by atoms with van der Waals surface area (Å²) in [5, 5.41) is 31.3. The maximum absolute atomic E-state index is 12.1. The molecule has 5 atom stereocenters. The molecule has 3 fully saturated rings. The minimum atomic E-state index is -1.35. The Morgan fingerprint density at radius 1 is 1.20 bits per heavy atom. The van der Waals surface area contributed by atoms with Crippen molar-refractivity contribution in [2.45, 2.75) is 76.6 Å². The van der Waals surface area contributed by atoms with Gasteiger partial charge in [0.15, 0.2) is 5.78 Å². The number of Topliss-reactive ketones (excluding diaryl/α,β-unsaturated/α-hetero) is 1. The van der Waals surface area contributed by atoms with Crippen LogP contribution in [0.25, 0.3) is 0 Å². The van der Waals surface area contributed by atoms with Gasteiger partial charge in [0.05, 0.1) is 12.2 Å². The lowest BCUT2D eigenvalue weighted by Crippen LogP contribution is -2.53. The first-order valence-corrected chi connectivity index (χ1v) is 9.34. The van der Waals surface area contributed by atoms with Gasteiger partial charge in [-0.1, -0.05) is 36.8 Å². The van der Waals surface area contributed by atoms with E-state index in [2.05, 4.69) is 6.58 Å². The van der Waals surface area contributed by atoms with Crippen molar-refractivity contribution in [1.82, 2.24) is 0 Å². The van der Waals surface area contributed by atoms with Crippen LogP contribution < -0.4 is 0 Å². The van der Waals surface area contributed by atoms with Crippen LogP contribution in [0.15, 0.2) is 35.5 Å². The molecule has 0 unspecified atom stereocenters. The largest absolute Gasteiger partial charge is 0.393 e. The number of rotatable bonds is 2. The van der Waals surface area contributed by atoms with Crippen molar-refractivity contribution in [3.05, 3.63) is 35.5 Å². The highest BCUT2D eigenvalue weighted by Gasteiger charge is 2.61. The highest BCUT2D eigenvalue weighted by atomic mass is 16.3. The molecule has 4 nitrogen and oxygen atoms in total. The molecule has 3 rings (SSSR count). The Morgan fingerprint density at radius 3 is 2.60 bits per heavy atom. The number of fused-ring (bicyclic) bond motifs is 1. The van der Waals surface area contributed by atoms with Crippen LogP contribution in [-0.2, 0) is 4.79 Å². The van der Waals surface area contributed by atoms with E-state index >= 15 is 0 Å². The van der Waals surface area contributed by atoms with Gasteiger partial charge < -0.3 is 15.3 Å². The first-order valence-electron chi connectivity index (χ1n) is 9.34. The van der Waals surface area contributed by atoms with E-state index in [9.17, 15) is 20.1 Å². The molecule has 0 aromatic rings. The quantitative estimate of drug-likeness (QED) is 0.718. The third-order valence-corrected chi connectivity index (χ3v) is 6.86. The molecule has 3 N–H and O–H groups in total. The second kappa shape index (κ2) is 6.49. The summed E-state index contributed by atoms with van der Waals surface area (Å²) >= 11 is 0. The van der Waals surface area contributed by atoms with Crippen LogP contribution in [0.2, 0.25) is 0 Å². The fourth-order valence-electron chi connectivity index (χ4n) is 5.28. The van der Waals surface area contributed by atoms with Gasteiger partial charge in [0.25, 0.3) is 0 Å². The van der Waals surface area contributed by atoms with Gasteiger partial charge in [-0.15, -0.1) is 0 Å². The third-order valence-electron chi connectivity index (χ3n) is 6.86. The summed E-state index contributed by atoms with van der Waals surface area (Å²) in [6.07, 6.45) is 7.63. The number of carbonyl (C=O) groups is 1. The number of hydrogen-bond donors (Lipinski definition) is 3. The zero-order chi connectivity index (χ0) is 18.4. The molecule has 0 bridgehead atoms. The molecule has 0 radical (unpaired) electrons. The van der Waals surface area contributed by atoms with Gasteiger partial charge in [0.1, 0.15) is 5.60 Å². The van der Waals surface area contributed by atoms with Gasteiger partial charge in [-0.25, -0.2) is 0 Å². The van der Waals surface area contributed by atoms with E-state index < -0.39 is 17.1 Å². The molecule has 4 heteroatoms.